The Kier molecular flexibility index (Phi) is 4.52. The van der Waals surface area contributed by atoms with E-state index in [-0.39, 0.29) is 11.0 Å². The van der Waals surface area contributed by atoms with Crippen molar-refractivity contribution in [1.29, 1.82) is 0 Å². The Hall–Kier alpha value is -1.72. The highest BCUT2D eigenvalue weighted by Gasteiger charge is 2.09. The van der Waals surface area contributed by atoms with E-state index in [0.29, 0.717) is 16.7 Å². The van der Waals surface area contributed by atoms with Gasteiger partial charge in [-0.2, -0.15) is 0 Å². The predicted molar refractivity (Wildman–Crippen MR) is 86.1 cm³/mol. The van der Waals surface area contributed by atoms with Crippen LogP contribution in [-0.4, -0.2) is 15.0 Å². The van der Waals surface area contributed by atoms with Crippen LogP contribution in [0.15, 0.2) is 30.3 Å². The largest absolute Gasteiger partial charge is 0.388 e. The molecular formula is C14H15ClN4S. The molecular weight excluding hydrogens is 292 g/mol. The van der Waals surface area contributed by atoms with Crippen molar-refractivity contribution in [3.63, 3.8) is 0 Å². The monoisotopic (exact) mass is 306 g/mol. The molecule has 1 aromatic carbocycles. The highest BCUT2D eigenvalue weighted by atomic mass is 35.5. The Morgan fingerprint density at radius 1 is 1.30 bits per heavy atom. The van der Waals surface area contributed by atoms with Crippen LogP contribution >= 0.6 is 23.8 Å². The lowest BCUT2D eigenvalue weighted by molar-refractivity contribution is 0.856. The Balaban J connectivity index is 2.21. The third-order valence-electron chi connectivity index (χ3n) is 2.82. The lowest BCUT2D eigenvalue weighted by atomic mass is 10.1. The van der Waals surface area contributed by atoms with Crippen molar-refractivity contribution in [3.8, 4) is 0 Å². The molecule has 1 heterocycles. The van der Waals surface area contributed by atoms with Crippen LogP contribution in [0, 0.1) is 6.92 Å². The van der Waals surface area contributed by atoms with Crippen LogP contribution in [0.1, 0.15) is 29.9 Å². The number of halogens is 1. The van der Waals surface area contributed by atoms with Gasteiger partial charge in [0.15, 0.2) is 0 Å². The molecule has 104 valence electrons. The number of rotatable bonds is 4. The summed E-state index contributed by atoms with van der Waals surface area (Å²) in [5.41, 5.74) is 8.08. The normalized spacial score (nSPS) is 11.9. The maximum absolute atomic E-state index is 5.88. The summed E-state index contributed by atoms with van der Waals surface area (Å²) in [6, 6.07) is 9.45. The second-order valence-corrected chi connectivity index (χ2v) is 5.38. The molecule has 0 fully saturated rings. The fourth-order valence-corrected chi connectivity index (χ4v) is 2.02. The second-order valence-electron chi connectivity index (χ2n) is 4.50. The summed E-state index contributed by atoms with van der Waals surface area (Å²) >= 11 is 10.8. The molecule has 1 aromatic heterocycles. The molecule has 0 radical (unpaired) electrons. The number of hydrogen-bond donors (Lipinski definition) is 2. The first-order chi connectivity index (χ1) is 9.45. The topological polar surface area (TPSA) is 63.8 Å². The molecule has 0 saturated heterocycles. The zero-order valence-electron chi connectivity index (χ0n) is 11.2. The van der Waals surface area contributed by atoms with E-state index < -0.39 is 0 Å². The molecule has 0 bridgehead atoms. The van der Waals surface area contributed by atoms with Crippen molar-refractivity contribution in [2.45, 2.75) is 19.9 Å². The third-order valence-corrected chi connectivity index (χ3v) is 3.28. The second kappa shape index (κ2) is 6.15. The van der Waals surface area contributed by atoms with E-state index in [1.807, 2.05) is 38.1 Å². The molecule has 20 heavy (non-hydrogen) atoms. The van der Waals surface area contributed by atoms with E-state index in [9.17, 15) is 0 Å². The van der Waals surface area contributed by atoms with E-state index in [0.717, 1.165) is 11.3 Å². The number of nitrogens with one attached hydrogen (secondary N) is 1. The van der Waals surface area contributed by atoms with Crippen molar-refractivity contribution in [2.75, 3.05) is 5.32 Å². The van der Waals surface area contributed by atoms with Crippen LogP contribution in [0.4, 0.5) is 5.95 Å². The Morgan fingerprint density at radius 3 is 2.55 bits per heavy atom. The molecule has 6 heteroatoms. The van der Waals surface area contributed by atoms with Crippen LogP contribution in [0.2, 0.25) is 5.02 Å². The van der Waals surface area contributed by atoms with Gasteiger partial charge in [0.25, 0.3) is 0 Å². The van der Waals surface area contributed by atoms with Gasteiger partial charge in [0.1, 0.15) is 10.7 Å². The van der Waals surface area contributed by atoms with Crippen LogP contribution in [-0.2, 0) is 0 Å². The van der Waals surface area contributed by atoms with Gasteiger partial charge in [0.05, 0.1) is 6.04 Å². The molecule has 1 atom stereocenters. The predicted octanol–water partition coefficient (Wildman–Crippen LogP) is 3.25. The maximum Gasteiger partial charge on any atom is 0.224 e. The zero-order valence-corrected chi connectivity index (χ0v) is 12.8. The summed E-state index contributed by atoms with van der Waals surface area (Å²) in [4.78, 5) is 8.90. The summed E-state index contributed by atoms with van der Waals surface area (Å²) in [6.45, 7) is 3.90. The minimum atomic E-state index is 0.0493. The fourth-order valence-electron chi connectivity index (χ4n) is 1.79. The van der Waals surface area contributed by atoms with Gasteiger partial charge in [0.2, 0.25) is 5.95 Å². The molecule has 0 spiro atoms. The summed E-state index contributed by atoms with van der Waals surface area (Å²) in [5.74, 6) is 0.509. The van der Waals surface area contributed by atoms with E-state index >= 15 is 0 Å². The lowest BCUT2D eigenvalue weighted by Crippen LogP contribution is -2.16. The summed E-state index contributed by atoms with van der Waals surface area (Å²) in [6.07, 6.45) is 0. The van der Waals surface area contributed by atoms with Crippen molar-refractivity contribution >= 4 is 34.8 Å². The molecule has 3 N–H and O–H groups in total. The van der Waals surface area contributed by atoms with Gasteiger partial charge < -0.3 is 11.1 Å². The van der Waals surface area contributed by atoms with Crippen molar-refractivity contribution < 1.29 is 0 Å². The molecule has 1 unspecified atom stereocenters. The molecule has 0 aliphatic carbocycles. The maximum atomic E-state index is 5.88. The van der Waals surface area contributed by atoms with Gasteiger partial charge in [-0.05, 0) is 37.6 Å². The number of anilines is 1. The number of nitrogens with two attached hydrogens (primary N) is 1. The lowest BCUT2D eigenvalue weighted by Gasteiger charge is -2.15. The van der Waals surface area contributed by atoms with Gasteiger partial charge in [-0.15, -0.1) is 0 Å². The smallest absolute Gasteiger partial charge is 0.224 e. The number of thiocarbonyl (C=S) groups is 1. The Morgan fingerprint density at radius 2 is 1.95 bits per heavy atom. The number of aromatic nitrogens is 2. The summed E-state index contributed by atoms with van der Waals surface area (Å²) < 4.78 is 0. The number of benzene rings is 1. The summed E-state index contributed by atoms with van der Waals surface area (Å²) in [7, 11) is 0. The van der Waals surface area contributed by atoms with E-state index in [1.165, 1.54) is 0 Å². The van der Waals surface area contributed by atoms with Crippen LogP contribution in [0.5, 0.6) is 0 Å². The molecule has 0 aliphatic heterocycles. The molecule has 0 aliphatic rings. The Labute approximate surface area is 128 Å². The van der Waals surface area contributed by atoms with Crippen LogP contribution in [0.3, 0.4) is 0 Å². The molecule has 0 saturated carbocycles. The van der Waals surface area contributed by atoms with Crippen molar-refractivity contribution in [2.24, 2.45) is 5.73 Å². The van der Waals surface area contributed by atoms with Crippen molar-refractivity contribution in [1.82, 2.24) is 9.97 Å². The molecule has 2 aromatic rings. The van der Waals surface area contributed by atoms with E-state index in [4.69, 9.17) is 29.6 Å². The molecule has 4 nitrogen and oxygen atoms in total. The Bertz CT molecular complexity index is 628. The minimum Gasteiger partial charge on any atom is -0.388 e. The molecule has 0 amide bonds. The first-order valence-electron chi connectivity index (χ1n) is 6.13. The quantitative estimate of drug-likeness (QED) is 0.849. The first kappa shape index (κ1) is 14.7. The SMILES string of the molecule is Cc1cc(C(N)=S)nc(NC(C)c2ccc(Cl)cc2)n1. The first-order valence-corrected chi connectivity index (χ1v) is 6.92. The van der Waals surface area contributed by atoms with E-state index in [1.54, 1.807) is 6.07 Å². The third kappa shape index (κ3) is 3.65. The average Bonchev–Trinajstić information content (AvgIpc) is 2.38. The average molecular weight is 307 g/mol. The van der Waals surface area contributed by atoms with Gasteiger partial charge in [-0.3, -0.25) is 0 Å². The number of aryl methyl sites for hydroxylation is 1. The van der Waals surface area contributed by atoms with Crippen LogP contribution in [0.25, 0.3) is 0 Å². The fraction of sp³-hybridized carbons (Fsp3) is 0.214. The molecule has 2 rings (SSSR count). The van der Waals surface area contributed by atoms with Gasteiger partial charge in [-0.1, -0.05) is 36.0 Å². The van der Waals surface area contributed by atoms with Crippen LogP contribution < -0.4 is 11.1 Å². The highest BCUT2D eigenvalue weighted by Crippen LogP contribution is 2.19. The minimum absolute atomic E-state index is 0.0493. The standard InChI is InChI=1S/C14H15ClN4S/c1-8-7-12(13(16)20)19-14(17-8)18-9(2)10-3-5-11(15)6-4-10/h3-7,9H,1-2H3,(H2,16,20)(H,17,18,19). The van der Waals surface area contributed by atoms with Gasteiger partial charge in [0, 0.05) is 10.7 Å². The highest BCUT2D eigenvalue weighted by molar-refractivity contribution is 7.80. The zero-order chi connectivity index (χ0) is 14.7. The summed E-state index contributed by atoms with van der Waals surface area (Å²) in [5, 5.41) is 3.94. The number of nitrogens with zero attached hydrogens (tertiary/aromatic N) is 2. The number of hydrogen-bond acceptors (Lipinski definition) is 4. The van der Waals surface area contributed by atoms with Gasteiger partial charge in [-0.25, -0.2) is 9.97 Å². The van der Waals surface area contributed by atoms with Gasteiger partial charge >= 0.3 is 0 Å². The van der Waals surface area contributed by atoms with Crippen molar-refractivity contribution in [3.05, 3.63) is 52.3 Å². The van der Waals surface area contributed by atoms with E-state index in [2.05, 4.69) is 15.3 Å².